The van der Waals surface area contributed by atoms with Crippen LogP contribution in [0.25, 0.3) is 22.8 Å². The lowest BCUT2D eigenvalue weighted by atomic mass is 10.1. The van der Waals surface area contributed by atoms with Crippen LogP contribution in [0.3, 0.4) is 0 Å². The van der Waals surface area contributed by atoms with Crippen LogP contribution in [0.15, 0.2) is 53.1 Å². The van der Waals surface area contributed by atoms with Crippen molar-refractivity contribution in [2.75, 3.05) is 0 Å². The molecule has 0 bridgehead atoms. The number of hydrogen-bond acceptors (Lipinski definition) is 5. The Hall–Kier alpha value is -2.82. The van der Waals surface area contributed by atoms with E-state index in [9.17, 15) is 5.11 Å². The molecule has 1 N–H and O–H groups in total. The molecule has 0 unspecified atom stereocenters. The van der Waals surface area contributed by atoms with Gasteiger partial charge in [0, 0.05) is 11.1 Å². The molecule has 0 aliphatic carbocycles. The van der Waals surface area contributed by atoms with Crippen LogP contribution >= 0.6 is 0 Å². The van der Waals surface area contributed by atoms with Crippen LogP contribution < -0.4 is 4.74 Å². The van der Waals surface area contributed by atoms with Crippen LogP contribution in [0.4, 0.5) is 0 Å². The highest BCUT2D eigenvalue weighted by atomic mass is 16.5. The maximum atomic E-state index is 9.31. The van der Waals surface area contributed by atoms with Gasteiger partial charge in [0.2, 0.25) is 5.82 Å². The van der Waals surface area contributed by atoms with Gasteiger partial charge in [0.25, 0.3) is 5.89 Å². The Kier molecular flexibility index (Phi) is 3.78. The SMILES string of the molecule is CC(C)(C)Oc1ccc(-c2noc(-c3ccc(O)cc3)n2)cc1. The zero-order valence-electron chi connectivity index (χ0n) is 13.3. The predicted octanol–water partition coefficient (Wildman–Crippen LogP) is 4.29. The van der Waals surface area contributed by atoms with Gasteiger partial charge < -0.3 is 14.4 Å². The van der Waals surface area contributed by atoms with Crippen LogP contribution in [0, 0.1) is 0 Å². The number of nitrogens with zero attached hydrogens (tertiary/aromatic N) is 2. The first-order valence-corrected chi connectivity index (χ1v) is 7.33. The monoisotopic (exact) mass is 310 g/mol. The molecule has 1 heterocycles. The van der Waals surface area contributed by atoms with Gasteiger partial charge in [-0.1, -0.05) is 5.16 Å². The molecule has 5 heteroatoms. The Morgan fingerprint density at radius 2 is 1.52 bits per heavy atom. The lowest BCUT2D eigenvalue weighted by Gasteiger charge is -2.21. The van der Waals surface area contributed by atoms with Crippen LogP contribution in [-0.4, -0.2) is 20.8 Å². The Labute approximate surface area is 134 Å². The van der Waals surface area contributed by atoms with E-state index >= 15 is 0 Å². The Bertz CT molecular complexity index is 784. The first-order valence-electron chi connectivity index (χ1n) is 7.33. The van der Waals surface area contributed by atoms with Crippen molar-refractivity contribution in [3.05, 3.63) is 48.5 Å². The number of hydrogen-bond donors (Lipinski definition) is 1. The van der Waals surface area contributed by atoms with Crippen molar-refractivity contribution in [1.82, 2.24) is 10.1 Å². The standard InChI is InChI=1S/C18H18N2O3/c1-18(2,3)22-15-10-6-12(7-11-15)16-19-17(23-20-16)13-4-8-14(21)9-5-13/h4-11,21H,1-3H3. The van der Waals surface area contributed by atoms with Crippen molar-refractivity contribution in [3.8, 4) is 34.3 Å². The van der Waals surface area contributed by atoms with Crippen molar-refractivity contribution >= 4 is 0 Å². The number of aromatic nitrogens is 2. The van der Waals surface area contributed by atoms with Crippen LogP contribution in [0.2, 0.25) is 0 Å². The third-order valence-electron chi connectivity index (χ3n) is 3.08. The van der Waals surface area contributed by atoms with E-state index in [-0.39, 0.29) is 11.4 Å². The molecule has 1 aromatic heterocycles. The third kappa shape index (κ3) is 3.69. The molecule has 23 heavy (non-hydrogen) atoms. The van der Waals surface area contributed by atoms with Gasteiger partial charge in [-0.3, -0.25) is 0 Å². The quantitative estimate of drug-likeness (QED) is 0.781. The summed E-state index contributed by atoms with van der Waals surface area (Å²) in [6.07, 6.45) is 0. The highest BCUT2D eigenvalue weighted by molar-refractivity contribution is 5.60. The topological polar surface area (TPSA) is 68.4 Å². The van der Waals surface area contributed by atoms with Crippen LogP contribution in [0.1, 0.15) is 20.8 Å². The van der Waals surface area contributed by atoms with E-state index in [1.165, 1.54) is 0 Å². The largest absolute Gasteiger partial charge is 0.508 e. The van der Waals surface area contributed by atoms with Gasteiger partial charge in [-0.25, -0.2) is 0 Å². The molecule has 0 fully saturated rings. The minimum atomic E-state index is -0.236. The van der Waals surface area contributed by atoms with Crippen LogP contribution in [0.5, 0.6) is 11.5 Å². The predicted molar refractivity (Wildman–Crippen MR) is 87.2 cm³/mol. The molecule has 0 aliphatic heterocycles. The van der Waals surface area contributed by atoms with Crippen molar-refractivity contribution in [2.24, 2.45) is 0 Å². The molecule has 0 amide bonds. The minimum absolute atomic E-state index is 0.197. The molecule has 0 saturated carbocycles. The van der Waals surface area contributed by atoms with Crippen LogP contribution in [-0.2, 0) is 0 Å². The molecule has 118 valence electrons. The van der Waals surface area contributed by atoms with E-state index in [2.05, 4.69) is 10.1 Å². The molecule has 0 saturated heterocycles. The summed E-state index contributed by atoms with van der Waals surface area (Å²) in [5, 5.41) is 13.3. The Morgan fingerprint density at radius 1 is 0.913 bits per heavy atom. The fourth-order valence-corrected chi connectivity index (χ4v) is 2.09. The van der Waals surface area contributed by atoms with Crippen molar-refractivity contribution in [3.63, 3.8) is 0 Å². The zero-order valence-corrected chi connectivity index (χ0v) is 13.3. The number of rotatable bonds is 3. The summed E-state index contributed by atoms with van der Waals surface area (Å²) < 4.78 is 11.1. The summed E-state index contributed by atoms with van der Waals surface area (Å²) in [6, 6.07) is 14.2. The second-order valence-corrected chi connectivity index (χ2v) is 6.21. The Morgan fingerprint density at radius 3 is 2.13 bits per heavy atom. The molecule has 0 atom stereocenters. The average Bonchev–Trinajstić information content (AvgIpc) is 2.97. The van der Waals surface area contributed by atoms with Gasteiger partial charge in [0.15, 0.2) is 0 Å². The van der Waals surface area contributed by atoms with Gasteiger partial charge in [-0.15, -0.1) is 0 Å². The van der Waals surface area contributed by atoms with Gasteiger partial charge in [0.05, 0.1) is 0 Å². The summed E-state index contributed by atoms with van der Waals surface area (Å²) in [7, 11) is 0. The fourth-order valence-electron chi connectivity index (χ4n) is 2.09. The summed E-state index contributed by atoms with van der Waals surface area (Å²) >= 11 is 0. The van der Waals surface area contributed by atoms with Crippen molar-refractivity contribution in [2.45, 2.75) is 26.4 Å². The lowest BCUT2D eigenvalue weighted by Crippen LogP contribution is -2.22. The molecule has 0 radical (unpaired) electrons. The maximum absolute atomic E-state index is 9.31. The smallest absolute Gasteiger partial charge is 0.258 e. The molecule has 0 aliphatic rings. The number of benzene rings is 2. The second-order valence-electron chi connectivity index (χ2n) is 6.21. The average molecular weight is 310 g/mol. The molecule has 0 spiro atoms. The normalized spacial score (nSPS) is 11.4. The maximum Gasteiger partial charge on any atom is 0.258 e. The van der Waals surface area contributed by atoms with Crippen molar-refractivity contribution < 1.29 is 14.4 Å². The lowest BCUT2D eigenvalue weighted by molar-refractivity contribution is 0.131. The summed E-state index contributed by atoms with van der Waals surface area (Å²) in [5.41, 5.74) is 1.37. The highest BCUT2D eigenvalue weighted by Crippen LogP contribution is 2.26. The first kappa shape index (κ1) is 15.1. The van der Waals surface area contributed by atoms with E-state index < -0.39 is 0 Å². The number of phenols is 1. The molecular formula is C18H18N2O3. The van der Waals surface area contributed by atoms with Gasteiger partial charge in [-0.05, 0) is 69.3 Å². The molecule has 3 rings (SSSR count). The fraction of sp³-hybridized carbons (Fsp3) is 0.222. The summed E-state index contributed by atoms with van der Waals surface area (Å²) in [6.45, 7) is 6.01. The third-order valence-corrected chi connectivity index (χ3v) is 3.08. The van der Waals surface area contributed by atoms with Gasteiger partial charge >= 0.3 is 0 Å². The second kappa shape index (κ2) is 5.76. The van der Waals surface area contributed by atoms with E-state index in [1.807, 2.05) is 45.0 Å². The number of ether oxygens (including phenoxy) is 1. The summed E-state index contributed by atoms with van der Waals surface area (Å²) in [4.78, 5) is 4.38. The Balaban J connectivity index is 1.81. The molecule has 3 aromatic rings. The first-order chi connectivity index (χ1) is 10.9. The van der Waals surface area contributed by atoms with E-state index in [4.69, 9.17) is 9.26 Å². The van der Waals surface area contributed by atoms with Crippen molar-refractivity contribution in [1.29, 1.82) is 0 Å². The van der Waals surface area contributed by atoms with Gasteiger partial charge in [0.1, 0.15) is 17.1 Å². The highest BCUT2D eigenvalue weighted by Gasteiger charge is 2.13. The van der Waals surface area contributed by atoms with E-state index in [0.717, 1.165) is 16.9 Å². The summed E-state index contributed by atoms with van der Waals surface area (Å²) in [5.74, 6) is 1.91. The molecule has 5 nitrogen and oxygen atoms in total. The molecular weight excluding hydrogens is 292 g/mol. The van der Waals surface area contributed by atoms with E-state index in [0.29, 0.717) is 11.7 Å². The molecule has 2 aromatic carbocycles. The number of aromatic hydroxyl groups is 1. The van der Waals surface area contributed by atoms with E-state index in [1.54, 1.807) is 24.3 Å². The zero-order chi connectivity index (χ0) is 16.4. The van der Waals surface area contributed by atoms with Gasteiger partial charge in [-0.2, -0.15) is 4.98 Å². The number of phenolic OH excluding ortho intramolecular Hbond substituents is 1. The minimum Gasteiger partial charge on any atom is -0.508 e.